The van der Waals surface area contributed by atoms with Crippen LogP contribution in [0.5, 0.6) is 0 Å². The monoisotopic (exact) mass is 314 g/mol. The third-order valence-electron chi connectivity index (χ3n) is 3.44. The highest BCUT2D eigenvalue weighted by Crippen LogP contribution is 2.18. The van der Waals surface area contributed by atoms with Gasteiger partial charge < -0.3 is 0 Å². The van der Waals surface area contributed by atoms with Gasteiger partial charge in [-0.15, -0.1) is 0 Å². The summed E-state index contributed by atoms with van der Waals surface area (Å²) in [5.41, 5.74) is -0.226. The van der Waals surface area contributed by atoms with Crippen molar-refractivity contribution in [1.82, 2.24) is 4.72 Å². The molecular weight excluding hydrogens is 292 g/mol. The molecule has 6 nitrogen and oxygen atoms in total. The Morgan fingerprint density at radius 1 is 1.33 bits per heavy atom. The van der Waals surface area contributed by atoms with E-state index in [0.717, 1.165) is 31.7 Å². The molecule has 1 aromatic carbocycles. The molecule has 0 saturated heterocycles. The molecule has 7 heteroatoms. The molecule has 0 saturated carbocycles. The minimum absolute atomic E-state index is 0.0676. The number of sulfonamides is 1. The Kier molecular flexibility index (Phi) is 6.77. The Hall–Kier alpha value is -1.47. The van der Waals surface area contributed by atoms with Gasteiger partial charge in [-0.3, -0.25) is 10.1 Å². The third kappa shape index (κ3) is 5.43. The van der Waals surface area contributed by atoms with Crippen LogP contribution in [0.4, 0.5) is 5.69 Å². The lowest BCUT2D eigenvalue weighted by molar-refractivity contribution is -0.385. The first-order valence-corrected chi connectivity index (χ1v) is 8.63. The molecule has 1 rings (SSSR count). The zero-order valence-electron chi connectivity index (χ0n) is 12.4. The SMILES string of the molecule is CCCC[C@@H](CC)CNS(=O)(=O)c1cccc([N+](=O)[O-])c1. The summed E-state index contributed by atoms with van der Waals surface area (Å²) in [7, 11) is -3.70. The minimum atomic E-state index is -3.70. The molecule has 0 heterocycles. The molecule has 1 N–H and O–H groups in total. The quantitative estimate of drug-likeness (QED) is 0.560. The van der Waals surface area contributed by atoms with Crippen molar-refractivity contribution >= 4 is 15.7 Å². The molecule has 0 bridgehead atoms. The highest BCUT2D eigenvalue weighted by Gasteiger charge is 2.18. The van der Waals surface area contributed by atoms with Crippen molar-refractivity contribution in [2.45, 2.75) is 44.4 Å². The average Bonchev–Trinajstić information content (AvgIpc) is 2.47. The maximum atomic E-state index is 12.2. The lowest BCUT2D eigenvalue weighted by Gasteiger charge is -2.15. The predicted octanol–water partition coefficient (Wildman–Crippen LogP) is 3.09. The van der Waals surface area contributed by atoms with Crippen LogP contribution >= 0.6 is 0 Å². The number of hydrogen-bond donors (Lipinski definition) is 1. The van der Waals surface area contributed by atoms with Gasteiger partial charge in [0.1, 0.15) is 0 Å². The van der Waals surface area contributed by atoms with E-state index in [1.54, 1.807) is 0 Å². The van der Waals surface area contributed by atoms with Crippen LogP contribution in [0.3, 0.4) is 0 Å². The van der Waals surface area contributed by atoms with Gasteiger partial charge in [-0.05, 0) is 18.4 Å². The van der Waals surface area contributed by atoms with Crippen molar-refractivity contribution in [2.24, 2.45) is 5.92 Å². The molecule has 0 aliphatic heterocycles. The van der Waals surface area contributed by atoms with Crippen molar-refractivity contribution in [3.05, 3.63) is 34.4 Å². The second-order valence-corrected chi connectivity index (χ2v) is 6.79. The number of nitrogens with zero attached hydrogens (tertiary/aromatic N) is 1. The number of unbranched alkanes of at least 4 members (excludes halogenated alkanes) is 1. The summed E-state index contributed by atoms with van der Waals surface area (Å²) < 4.78 is 26.9. The van der Waals surface area contributed by atoms with Crippen LogP contribution in [0.25, 0.3) is 0 Å². The van der Waals surface area contributed by atoms with E-state index in [4.69, 9.17) is 0 Å². The van der Waals surface area contributed by atoms with Gasteiger partial charge in [0, 0.05) is 18.7 Å². The van der Waals surface area contributed by atoms with E-state index in [0.29, 0.717) is 12.5 Å². The number of hydrogen-bond acceptors (Lipinski definition) is 4. The van der Waals surface area contributed by atoms with Crippen molar-refractivity contribution in [1.29, 1.82) is 0 Å². The molecule has 0 unspecified atom stereocenters. The van der Waals surface area contributed by atoms with E-state index < -0.39 is 14.9 Å². The van der Waals surface area contributed by atoms with Crippen LogP contribution in [0.2, 0.25) is 0 Å². The second-order valence-electron chi connectivity index (χ2n) is 5.02. The number of rotatable bonds is 9. The van der Waals surface area contributed by atoms with Gasteiger partial charge >= 0.3 is 0 Å². The Morgan fingerprint density at radius 2 is 2.05 bits per heavy atom. The van der Waals surface area contributed by atoms with Crippen LogP contribution in [-0.2, 0) is 10.0 Å². The molecule has 1 atom stereocenters. The summed E-state index contributed by atoms with van der Waals surface area (Å²) in [5, 5.41) is 10.7. The van der Waals surface area contributed by atoms with Crippen LogP contribution in [0.1, 0.15) is 39.5 Å². The normalized spacial score (nSPS) is 13.0. The largest absolute Gasteiger partial charge is 0.270 e. The summed E-state index contributed by atoms with van der Waals surface area (Å²) in [4.78, 5) is 10.0. The summed E-state index contributed by atoms with van der Waals surface area (Å²) in [6, 6.07) is 5.09. The predicted molar refractivity (Wildman–Crippen MR) is 81.6 cm³/mol. The first-order chi connectivity index (χ1) is 9.90. The van der Waals surface area contributed by atoms with E-state index in [1.807, 2.05) is 6.92 Å². The molecule has 21 heavy (non-hydrogen) atoms. The average molecular weight is 314 g/mol. The van der Waals surface area contributed by atoms with Crippen molar-refractivity contribution < 1.29 is 13.3 Å². The number of benzene rings is 1. The van der Waals surface area contributed by atoms with E-state index in [9.17, 15) is 18.5 Å². The zero-order chi connectivity index (χ0) is 15.9. The van der Waals surface area contributed by atoms with Crippen LogP contribution in [0.15, 0.2) is 29.2 Å². The molecule has 0 aliphatic rings. The number of non-ortho nitro benzene ring substituents is 1. The summed E-state index contributed by atoms with van der Waals surface area (Å²) in [6.45, 7) is 4.49. The van der Waals surface area contributed by atoms with Crippen LogP contribution in [-0.4, -0.2) is 19.9 Å². The second kappa shape index (κ2) is 8.09. The van der Waals surface area contributed by atoms with Crippen molar-refractivity contribution in [2.75, 3.05) is 6.54 Å². The number of nitro benzene ring substituents is 1. The minimum Gasteiger partial charge on any atom is -0.258 e. The summed E-state index contributed by atoms with van der Waals surface area (Å²) >= 11 is 0. The topological polar surface area (TPSA) is 89.3 Å². The summed E-state index contributed by atoms with van der Waals surface area (Å²) in [6.07, 6.45) is 4.02. The lowest BCUT2D eigenvalue weighted by atomic mass is 10.00. The van der Waals surface area contributed by atoms with Gasteiger partial charge in [0.2, 0.25) is 10.0 Å². The smallest absolute Gasteiger partial charge is 0.258 e. The van der Waals surface area contributed by atoms with Crippen molar-refractivity contribution in [3.8, 4) is 0 Å². The molecular formula is C14H22N2O4S. The standard InChI is InChI=1S/C14H22N2O4S/c1-3-5-7-12(4-2)11-15-21(19,20)14-9-6-8-13(10-14)16(17)18/h6,8-10,12,15H,3-5,7,11H2,1-2H3/t12-/m1/s1. The van der Waals surface area contributed by atoms with Gasteiger partial charge in [-0.2, -0.15) is 0 Å². The maximum Gasteiger partial charge on any atom is 0.270 e. The van der Waals surface area contributed by atoms with Crippen LogP contribution in [0, 0.1) is 16.0 Å². The number of nitro groups is 1. The Balaban J connectivity index is 2.77. The van der Waals surface area contributed by atoms with Gasteiger partial charge in [-0.1, -0.05) is 39.2 Å². The molecule has 0 spiro atoms. The fraction of sp³-hybridized carbons (Fsp3) is 0.571. The molecule has 0 aromatic heterocycles. The highest BCUT2D eigenvalue weighted by molar-refractivity contribution is 7.89. The molecule has 1 aromatic rings. The Labute approximate surface area is 125 Å². The first kappa shape index (κ1) is 17.6. The van der Waals surface area contributed by atoms with E-state index in [1.165, 1.54) is 18.2 Å². The fourth-order valence-corrected chi connectivity index (χ4v) is 3.17. The van der Waals surface area contributed by atoms with Crippen LogP contribution < -0.4 is 4.72 Å². The Morgan fingerprint density at radius 3 is 2.62 bits per heavy atom. The zero-order valence-corrected chi connectivity index (χ0v) is 13.2. The van der Waals surface area contributed by atoms with Gasteiger partial charge in [0.15, 0.2) is 0 Å². The van der Waals surface area contributed by atoms with E-state index >= 15 is 0 Å². The van der Waals surface area contributed by atoms with Gasteiger partial charge in [0.05, 0.1) is 9.82 Å². The molecule has 0 radical (unpaired) electrons. The molecule has 0 amide bonds. The lowest BCUT2D eigenvalue weighted by Crippen LogP contribution is -2.29. The van der Waals surface area contributed by atoms with E-state index in [-0.39, 0.29) is 10.6 Å². The Bertz CT molecular complexity index is 572. The molecule has 118 valence electrons. The molecule has 0 fully saturated rings. The van der Waals surface area contributed by atoms with Gasteiger partial charge in [0.25, 0.3) is 5.69 Å². The van der Waals surface area contributed by atoms with Gasteiger partial charge in [-0.25, -0.2) is 13.1 Å². The maximum absolute atomic E-state index is 12.2. The number of nitrogens with one attached hydrogen (secondary N) is 1. The van der Waals surface area contributed by atoms with E-state index in [2.05, 4.69) is 11.6 Å². The molecule has 0 aliphatic carbocycles. The first-order valence-electron chi connectivity index (χ1n) is 7.14. The summed E-state index contributed by atoms with van der Waals surface area (Å²) in [5.74, 6) is 0.290. The fourth-order valence-electron chi connectivity index (χ4n) is 2.02. The third-order valence-corrected chi connectivity index (χ3v) is 4.87. The highest BCUT2D eigenvalue weighted by atomic mass is 32.2. The van der Waals surface area contributed by atoms with Crippen molar-refractivity contribution in [3.63, 3.8) is 0 Å².